The monoisotopic (exact) mass is 283 g/mol. The number of nitrogens with one attached hydrogen (secondary N) is 1. The maximum atomic E-state index is 13.3. The third-order valence-electron chi connectivity index (χ3n) is 2.93. The Bertz CT molecular complexity index is 460. The molecule has 2 N–H and O–H groups in total. The van der Waals surface area contributed by atoms with Gasteiger partial charge in [0.2, 0.25) is 0 Å². The van der Waals surface area contributed by atoms with Gasteiger partial charge in [-0.2, -0.15) is 0 Å². The maximum absolute atomic E-state index is 13.3. The number of ether oxygens (including phenoxy) is 1. The summed E-state index contributed by atoms with van der Waals surface area (Å²) in [6.45, 7) is 6.59. The van der Waals surface area contributed by atoms with Crippen LogP contribution in [0.15, 0.2) is 18.2 Å². The maximum Gasteiger partial charge on any atom is 0.312 e. The van der Waals surface area contributed by atoms with Crippen LogP contribution in [0.25, 0.3) is 0 Å². The number of carboxylic acids is 1. The predicted molar refractivity (Wildman–Crippen MR) is 75.3 cm³/mol. The van der Waals surface area contributed by atoms with Crippen LogP contribution in [-0.2, 0) is 11.3 Å². The van der Waals surface area contributed by atoms with E-state index in [2.05, 4.69) is 5.32 Å². The van der Waals surface area contributed by atoms with Crippen molar-refractivity contribution in [3.05, 3.63) is 29.6 Å². The number of hydrogen-bond acceptors (Lipinski definition) is 3. The molecule has 5 heteroatoms. The molecule has 0 aliphatic heterocycles. The molecule has 0 saturated carbocycles. The molecule has 0 aromatic heterocycles. The lowest BCUT2D eigenvalue weighted by Crippen LogP contribution is -2.31. The highest BCUT2D eigenvalue weighted by molar-refractivity contribution is 5.73. The Kier molecular flexibility index (Phi) is 5.95. The van der Waals surface area contributed by atoms with Crippen molar-refractivity contribution in [1.29, 1.82) is 0 Å². The van der Waals surface area contributed by atoms with E-state index in [1.807, 2.05) is 6.92 Å². The van der Waals surface area contributed by atoms with Crippen molar-refractivity contribution in [2.75, 3.05) is 13.2 Å². The van der Waals surface area contributed by atoms with E-state index in [0.29, 0.717) is 17.9 Å². The third-order valence-corrected chi connectivity index (χ3v) is 2.93. The highest BCUT2D eigenvalue weighted by atomic mass is 19.1. The van der Waals surface area contributed by atoms with Gasteiger partial charge < -0.3 is 15.2 Å². The van der Waals surface area contributed by atoms with E-state index in [9.17, 15) is 9.18 Å². The van der Waals surface area contributed by atoms with Gasteiger partial charge in [0, 0.05) is 12.1 Å². The molecule has 4 nitrogen and oxygen atoms in total. The third kappa shape index (κ3) is 4.81. The molecule has 112 valence electrons. The van der Waals surface area contributed by atoms with Gasteiger partial charge in [-0.05, 0) is 45.0 Å². The van der Waals surface area contributed by atoms with Crippen LogP contribution in [-0.4, -0.2) is 24.2 Å². The zero-order valence-corrected chi connectivity index (χ0v) is 12.2. The molecule has 0 radical (unpaired) electrons. The van der Waals surface area contributed by atoms with Gasteiger partial charge in [-0.15, -0.1) is 0 Å². The van der Waals surface area contributed by atoms with Gasteiger partial charge in [0.1, 0.15) is 18.2 Å². The topological polar surface area (TPSA) is 58.6 Å². The number of aliphatic carboxylic acids is 1. The number of carbonyl (C=O) groups is 1. The predicted octanol–water partition coefficient (Wildman–Crippen LogP) is 2.81. The average Bonchev–Trinajstić information content (AvgIpc) is 2.38. The Morgan fingerprint density at radius 2 is 2.15 bits per heavy atom. The standard InChI is InChI=1S/C15H22FNO3/c1-4-7-17-9-11-8-12(16)5-6-13(11)20-10-15(2,3)14(18)19/h5-6,8,17H,4,7,9-10H2,1-3H3,(H,18,19). The minimum atomic E-state index is -0.984. The minimum Gasteiger partial charge on any atom is -0.492 e. The first-order valence-electron chi connectivity index (χ1n) is 6.72. The van der Waals surface area contributed by atoms with Crippen LogP contribution in [0.3, 0.4) is 0 Å². The van der Waals surface area contributed by atoms with E-state index in [0.717, 1.165) is 13.0 Å². The lowest BCUT2D eigenvalue weighted by Gasteiger charge is -2.21. The summed E-state index contributed by atoms with van der Waals surface area (Å²) < 4.78 is 18.8. The molecule has 0 amide bonds. The van der Waals surface area contributed by atoms with Gasteiger partial charge in [0.05, 0.1) is 5.41 Å². The van der Waals surface area contributed by atoms with Crippen molar-refractivity contribution in [1.82, 2.24) is 5.32 Å². The highest BCUT2D eigenvalue weighted by Crippen LogP contribution is 2.23. The summed E-state index contributed by atoms with van der Waals surface area (Å²) in [5, 5.41) is 12.2. The Hall–Kier alpha value is -1.62. The Morgan fingerprint density at radius 3 is 2.75 bits per heavy atom. The zero-order valence-electron chi connectivity index (χ0n) is 12.2. The van der Waals surface area contributed by atoms with E-state index in [1.54, 1.807) is 13.8 Å². The lowest BCUT2D eigenvalue weighted by molar-refractivity contribution is -0.148. The molecule has 0 spiro atoms. The van der Waals surface area contributed by atoms with E-state index < -0.39 is 11.4 Å². The van der Waals surface area contributed by atoms with Crippen LogP contribution in [0.1, 0.15) is 32.8 Å². The summed E-state index contributed by atoms with van der Waals surface area (Å²) in [5.74, 6) is -0.738. The van der Waals surface area contributed by atoms with Gasteiger partial charge in [0.15, 0.2) is 0 Å². The summed E-state index contributed by atoms with van der Waals surface area (Å²) in [5.41, 5.74) is -0.290. The molecule has 0 fully saturated rings. The number of benzene rings is 1. The molecule has 0 heterocycles. The lowest BCUT2D eigenvalue weighted by atomic mass is 9.95. The molecule has 1 aromatic carbocycles. The van der Waals surface area contributed by atoms with E-state index >= 15 is 0 Å². The van der Waals surface area contributed by atoms with Crippen molar-refractivity contribution in [2.24, 2.45) is 5.41 Å². The Balaban J connectivity index is 2.75. The Morgan fingerprint density at radius 1 is 1.45 bits per heavy atom. The first-order chi connectivity index (χ1) is 9.36. The molecule has 0 aliphatic carbocycles. The quantitative estimate of drug-likeness (QED) is 0.720. The smallest absolute Gasteiger partial charge is 0.312 e. The molecule has 1 aromatic rings. The summed E-state index contributed by atoms with van der Waals surface area (Å²) in [7, 11) is 0. The summed E-state index contributed by atoms with van der Waals surface area (Å²) in [6, 6.07) is 4.26. The van der Waals surface area contributed by atoms with E-state index in [-0.39, 0.29) is 12.4 Å². The summed E-state index contributed by atoms with van der Waals surface area (Å²) in [6.07, 6.45) is 0.984. The average molecular weight is 283 g/mol. The van der Waals surface area contributed by atoms with Crippen molar-refractivity contribution >= 4 is 5.97 Å². The fraction of sp³-hybridized carbons (Fsp3) is 0.533. The zero-order chi connectivity index (χ0) is 15.2. The van der Waals surface area contributed by atoms with Gasteiger partial charge in [0.25, 0.3) is 0 Å². The van der Waals surface area contributed by atoms with Crippen LogP contribution < -0.4 is 10.1 Å². The normalized spacial score (nSPS) is 11.4. The van der Waals surface area contributed by atoms with Crippen LogP contribution >= 0.6 is 0 Å². The van der Waals surface area contributed by atoms with Crippen molar-refractivity contribution < 1.29 is 19.0 Å². The van der Waals surface area contributed by atoms with Crippen molar-refractivity contribution in [3.63, 3.8) is 0 Å². The van der Waals surface area contributed by atoms with Gasteiger partial charge in [-0.3, -0.25) is 4.79 Å². The molecule has 0 aliphatic rings. The van der Waals surface area contributed by atoms with Gasteiger partial charge in [-0.1, -0.05) is 6.92 Å². The number of hydrogen-bond donors (Lipinski definition) is 2. The summed E-state index contributed by atoms with van der Waals surface area (Å²) >= 11 is 0. The molecule has 0 atom stereocenters. The molecule has 1 rings (SSSR count). The molecule has 0 saturated heterocycles. The minimum absolute atomic E-state index is 0.0365. The number of halogens is 1. The first-order valence-corrected chi connectivity index (χ1v) is 6.72. The van der Waals surface area contributed by atoms with Crippen LogP contribution in [0.2, 0.25) is 0 Å². The second-order valence-corrected chi connectivity index (χ2v) is 5.41. The first kappa shape index (κ1) is 16.4. The van der Waals surface area contributed by atoms with Crippen LogP contribution in [0.5, 0.6) is 5.75 Å². The van der Waals surface area contributed by atoms with Gasteiger partial charge >= 0.3 is 5.97 Å². The van der Waals surface area contributed by atoms with E-state index in [1.165, 1.54) is 18.2 Å². The van der Waals surface area contributed by atoms with E-state index in [4.69, 9.17) is 9.84 Å². The molecular formula is C15H22FNO3. The summed E-state index contributed by atoms with van der Waals surface area (Å²) in [4.78, 5) is 11.0. The van der Waals surface area contributed by atoms with Crippen molar-refractivity contribution in [2.45, 2.75) is 33.7 Å². The number of rotatable bonds is 8. The number of carboxylic acid groups (broad SMARTS) is 1. The fourth-order valence-electron chi connectivity index (χ4n) is 1.55. The molecule has 20 heavy (non-hydrogen) atoms. The fourth-order valence-corrected chi connectivity index (χ4v) is 1.55. The largest absolute Gasteiger partial charge is 0.492 e. The molecular weight excluding hydrogens is 261 g/mol. The molecule has 0 unspecified atom stereocenters. The van der Waals surface area contributed by atoms with Gasteiger partial charge in [-0.25, -0.2) is 4.39 Å². The highest BCUT2D eigenvalue weighted by Gasteiger charge is 2.28. The SMILES string of the molecule is CCCNCc1cc(F)ccc1OCC(C)(C)C(=O)O. The second kappa shape index (κ2) is 7.24. The second-order valence-electron chi connectivity index (χ2n) is 5.41. The molecule has 0 bridgehead atoms. The van der Waals surface area contributed by atoms with Crippen LogP contribution in [0, 0.1) is 11.2 Å². The van der Waals surface area contributed by atoms with Crippen molar-refractivity contribution in [3.8, 4) is 5.75 Å². The van der Waals surface area contributed by atoms with Crippen LogP contribution in [0.4, 0.5) is 4.39 Å². The Labute approximate surface area is 119 Å².